The summed E-state index contributed by atoms with van der Waals surface area (Å²) in [6, 6.07) is 5.83. The van der Waals surface area contributed by atoms with Gasteiger partial charge in [0.1, 0.15) is 11.9 Å². The van der Waals surface area contributed by atoms with Gasteiger partial charge >= 0.3 is 6.01 Å². The van der Waals surface area contributed by atoms with Crippen molar-refractivity contribution in [2.24, 2.45) is 0 Å². The van der Waals surface area contributed by atoms with Crippen LogP contribution in [0.2, 0.25) is 0 Å². The number of hydrogen-bond donors (Lipinski definition) is 0. The number of piperidine rings is 1. The maximum atomic E-state index is 12.6. The molecule has 0 aromatic carbocycles. The van der Waals surface area contributed by atoms with Crippen molar-refractivity contribution < 1.29 is 9.53 Å². The van der Waals surface area contributed by atoms with Gasteiger partial charge in [0.2, 0.25) is 0 Å². The van der Waals surface area contributed by atoms with Gasteiger partial charge in [-0.3, -0.25) is 4.79 Å². The Morgan fingerprint density at radius 3 is 2.46 bits per heavy atom. The van der Waals surface area contributed by atoms with E-state index in [0.717, 1.165) is 18.7 Å². The van der Waals surface area contributed by atoms with Crippen molar-refractivity contribution in [2.75, 3.05) is 32.1 Å². The van der Waals surface area contributed by atoms with Crippen LogP contribution < -0.4 is 9.64 Å². The third-order valence-corrected chi connectivity index (χ3v) is 4.00. The van der Waals surface area contributed by atoms with E-state index >= 15 is 0 Å². The third-order valence-electron chi connectivity index (χ3n) is 4.00. The highest BCUT2D eigenvalue weighted by atomic mass is 16.5. The van der Waals surface area contributed by atoms with Crippen LogP contribution in [0.15, 0.2) is 36.8 Å². The number of aromatic nitrogens is 3. The van der Waals surface area contributed by atoms with Gasteiger partial charge in [-0.25, -0.2) is 15.0 Å². The molecule has 0 aliphatic carbocycles. The Morgan fingerprint density at radius 2 is 1.88 bits per heavy atom. The summed E-state index contributed by atoms with van der Waals surface area (Å²) >= 11 is 0. The van der Waals surface area contributed by atoms with Gasteiger partial charge in [0.05, 0.1) is 5.56 Å². The molecule has 0 atom stereocenters. The highest BCUT2D eigenvalue weighted by Gasteiger charge is 2.25. The second-order valence-electron chi connectivity index (χ2n) is 5.94. The van der Waals surface area contributed by atoms with Crippen molar-refractivity contribution in [3.8, 4) is 6.01 Å². The van der Waals surface area contributed by atoms with Crippen LogP contribution in [0.4, 0.5) is 5.82 Å². The van der Waals surface area contributed by atoms with E-state index in [9.17, 15) is 4.79 Å². The number of rotatable bonds is 4. The molecule has 0 N–H and O–H groups in total. The maximum Gasteiger partial charge on any atom is 0.316 e. The van der Waals surface area contributed by atoms with E-state index in [2.05, 4.69) is 15.0 Å². The SMILES string of the molecule is CN(C)c1ccc(C(=O)N2CCC(Oc3ncccn3)CC2)cn1. The fourth-order valence-electron chi connectivity index (χ4n) is 2.63. The minimum absolute atomic E-state index is 0.0159. The molecule has 3 heterocycles. The number of likely N-dealkylation sites (tertiary alicyclic amines) is 1. The minimum Gasteiger partial charge on any atom is -0.460 e. The Bertz CT molecular complexity index is 667. The van der Waals surface area contributed by atoms with E-state index in [1.165, 1.54) is 0 Å². The summed E-state index contributed by atoms with van der Waals surface area (Å²) in [7, 11) is 3.84. The van der Waals surface area contributed by atoms with Crippen LogP contribution in [-0.4, -0.2) is 59.0 Å². The second kappa shape index (κ2) is 7.25. The summed E-state index contributed by atoms with van der Waals surface area (Å²) < 4.78 is 5.75. The number of ether oxygens (including phenoxy) is 1. The molecule has 0 radical (unpaired) electrons. The topological polar surface area (TPSA) is 71.5 Å². The van der Waals surface area contributed by atoms with Gasteiger partial charge in [0.25, 0.3) is 5.91 Å². The van der Waals surface area contributed by atoms with Crippen molar-refractivity contribution in [3.63, 3.8) is 0 Å². The van der Waals surface area contributed by atoms with Crippen molar-refractivity contribution in [1.29, 1.82) is 0 Å². The first-order valence-corrected chi connectivity index (χ1v) is 8.00. The second-order valence-corrected chi connectivity index (χ2v) is 5.94. The highest BCUT2D eigenvalue weighted by molar-refractivity contribution is 5.94. The molecule has 7 nitrogen and oxygen atoms in total. The lowest BCUT2D eigenvalue weighted by Gasteiger charge is -2.31. The van der Waals surface area contributed by atoms with Crippen molar-refractivity contribution in [1.82, 2.24) is 19.9 Å². The van der Waals surface area contributed by atoms with E-state index in [-0.39, 0.29) is 12.0 Å². The molecular formula is C17H21N5O2. The van der Waals surface area contributed by atoms with Crippen LogP contribution >= 0.6 is 0 Å². The zero-order valence-corrected chi connectivity index (χ0v) is 13.9. The van der Waals surface area contributed by atoms with Crippen LogP contribution in [0.3, 0.4) is 0 Å². The van der Waals surface area contributed by atoms with E-state index < -0.39 is 0 Å². The quantitative estimate of drug-likeness (QED) is 0.850. The molecule has 1 aliphatic rings. The van der Waals surface area contributed by atoms with Gasteiger partial charge in [0.15, 0.2) is 0 Å². The summed E-state index contributed by atoms with van der Waals surface area (Å²) in [6.45, 7) is 1.32. The largest absolute Gasteiger partial charge is 0.460 e. The van der Waals surface area contributed by atoms with Crippen LogP contribution in [0.1, 0.15) is 23.2 Å². The molecule has 1 aliphatic heterocycles. The Balaban J connectivity index is 1.55. The minimum atomic E-state index is 0.0159. The van der Waals surface area contributed by atoms with Crippen molar-refractivity contribution in [2.45, 2.75) is 18.9 Å². The lowest BCUT2D eigenvalue weighted by molar-refractivity contribution is 0.0578. The van der Waals surface area contributed by atoms with Gasteiger partial charge in [-0.05, 0) is 18.2 Å². The first kappa shape index (κ1) is 16.2. The maximum absolute atomic E-state index is 12.6. The number of anilines is 1. The molecule has 24 heavy (non-hydrogen) atoms. The molecular weight excluding hydrogens is 306 g/mol. The average Bonchev–Trinajstić information content (AvgIpc) is 2.63. The molecule has 0 saturated carbocycles. The summed E-state index contributed by atoms with van der Waals surface area (Å²) in [5, 5.41) is 0. The number of carbonyl (C=O) groups excluding carboxylic acids is 1. The van der Waals surface area contributed by atoms with Crippen molar-refractivity contribution in [3.05, 3.63) is 42.4 Å². The van der Waals surface area contributed by atoms with Gasteiger partial charge in [-0.15, -0.1) is 0 Å². The molecule has 2 aromatic heterocycles. The fraction of sp³-hybridized carbons (Fsp3) is 0.412. The average molecular weight is 327 g/mol. The predicted octanol–water partition coefficient (Wildman–Crippen LogP) is 1.62. The molecule has 7 heteroatoms. The smallest absolute Gasteiger partial charge is 0.316 e. The third kappa shape index (κ3) is 3.79. The molecule has 0 spiro atoms. The van der Waals surface area contributed by atoms with Gasteiger partial charge in [-0.2, -0.15) is 0 Å². The molecule has 1 saturated heterocycles. The summed E-state index contributed by atoms with van der Waals surface area (Å²) in [6.07, 6.45) is 6.54. The van der Waals surface area contributed by atoms with Gasteiger partial charge in [-0.1, -0.05) is 0 Å². The van der Waals surface area contributed by atoms with E-state index in [1.54, 1.807) is 24.7 Å². The van der Waals surface area contributed by atoms with E-state index in [4.69, 9.17) is 4.74 Å². The normalized spacial score (nSPS) is 15.2. The lowest BCUT2D eigenvalue weighted by atomic mass is 10.1. The molecule has 1 amide bonds. The Labute approximate surface area is 141 Å². The summed E-state index contributed by atoms with van der Waals surface area (Å²) in [5.74, 6) is 0.851. The number of hydrogen-bond acceptors (Lipinski definition) is 6. The molecule has 2 aromatic rings. The van der Waals surface area contributed by atoms with Gasteiger partial charge < -0.3 is 14.5 Å². The van der Waals surface area contributed by atoms with E-state index in [1.807, 2.05) is 36.0 Å². The Hall–Kier alpha value is -2.70. The molecule has 0 unspecified atom stereocenters. The highest BCUT2D eigenvalue weighted by Crippen LogP contribution is 2.18. The Morgan fingerprint density at radius 1 is 1.17 bits per heavy atom. The monoisotopic (exact) mass is 327 g/mol. The number of pyridine rings is 1. The predicted molar refractivity (Wildman–Crippen MR) is 90.1 cm³/mol. The summed E-state index contributed by atoms with van der Waals surface area (Å²) in [4.78, 5) is 28.7. The van der Waals surface area contributed by atoms with Crippen LogP contribution in [0.5, 0.6) is 6.01 Å². The molecule has 126 valence electrons. The molecule has 0 bridgehead atoms. The van der Waals surface area contributed by atoms with E-state index in [0.29, 0.717) is 24.7 Å². The first-order chi connectivity index (χ1) is 11.6. The summed E-state index contributed by atoms with van der Waals surface area (Å²) in [5.41, 5.74) is 0.617. The van der Waals surface area contributed by atoms with Crippen LogP contribution in [-0.2, 0) is 0 Å². The zero-order valence-electron chi connectivity index (χ0n) is 13.9. The number of carbonyl (C=O) groups is 1. The number of amides is 1. The molecule has 1 fully saturated rings. The zero-order chi connectivity index (χ0) is 16.9. The fourth-order valence-corrected chi connectivity index (χ4v) is 2.63. The number of nitrogens with zero attached hydrogens (tertiary/aromatic N) is 5. The Kier molecular flexibility index (Phi) is 4.88. The first-order valence-electron chi connectivity index (χ1n) is 8.00. The lowest BCUT2D eigenvalue weighted by Crippen LogP contribution is -2.42. The van der Waals surface area contributed by atoms with Crippen molar-refractivity contribution >= 4 is 11.7 Å². The van der Waals surface area contributed by atoms with Gasteiger partial charge in [0, 0.05) is 58.6 Å². The molecule has 3 rings (SSSR count). The standard InChI is InChI=1S/C17H21N5O2/c1-21(2)15-5-4-13(12-20-15)16(23)22-10-6-14(7-11-22)24-17-18-8-3-9-19-17/h3-5,8-9,12,14H,6-7,10-11H2,1-2H3. The van der Waals surface area contributed by atoms with Crippen LogP contribution in [0.25, 0.3) is 0 Å². The van der Waals surface area contributed by atoms with Crippen LogP contribution in [0, 0.1) is 0 Å².